The van der Waals surface area contributed by atoms with Crippen LogP contribution in [0.1, 0.15) is 0 Å². The molecule has 1 saturated heterocycles. The summed E-state index contributed by atoms with van der Waals surface area (Å²) >= 11 is 0. The summed E-state index contributed by atoms with van der Waals surface area (Å²) in [6.45, 7) is 3.04. The maximum Gasteiger partial charge on any atom is 0.122 e. The second-order valence-electron chi connectivity index (χ2n) is 2.03. The maximum absolute atomic E-state index is 8.47. The summed E-state index contributed by atoms with van der Waals surface area (Å²) in [5.74, 6) is 0. The van der Waals surface area contributed by atoms with Crippen LogP contribution in [-0.4, -0.2) is 31.2 Å². The zero-order valence-corrected chi connectivity index (χ0v) is 5.37. The van der Waals surface area contributed by atoms with Crippen molar-refractivity contribution in [2.24, 2.45) is 0 Å². The molecule has 1 radical (unpaired) electrons. The van der Waals surface area contributed by atoms with Crippen LogP contribution in [0.5, 0.6) is 0 Å². The van der Waals surface area contributed by atoms with Crippen LogP contribution < -0.4 is 0 Å². The Kier molecular flexibility index (Phi) is 2.04. The number of hydrogen-bond acceptors (Lipinski definition) is 3. The van der Waals surface area contributed by atoms with E-state index in [1.807, 2.05) is 18.5 Å². The van der Waals surface area contributed by atoms with E-state index in [4.69, 9.17) is 10.00 Å². The van der Waals surface area contributed by atoms with Crippen LogP contribution in [0, 0.1) is 17.9 Å². The van der Waals surface area contributed by atoms with E-state index >= 15 is 0 Å². The fourth-order valence-corrected chi connectivity index (χ4v) is 0.723. The van der Waals surface area contributed by atoms with Crippen molar-refractivity contribution in [1.29, 1.82) is 5.26 Å². The average molecular weight is 125 g/mol. The molecule has 1 aliphatic heterocycles. The fourth-order valence-electron chi connectivity index (χ4n) is 0.723. The lowest BCUT2D eigenvalue weighted by atomic mass is 10.3. The van der Waals surface area contributed by atoms with Gasteiger partial charge in [-0.25, -0.2) is 0 Å². The second-order valence-corrected chi connectivity index (χ2v) is 2.03. The van der Waals surface area contributed by atoms with Crippen LogP contribution >= 0.6 is 0 Å². The molecule has 3 nitrogen and oxygen atoms in total. The molecule has 1 heterocycles. The predicted molar refractivity (Wildman–Crippen MR) is 32.3 cm³/mol. The monoisotopic (exact) mass is 125 g/mol. The van der Waals surface area contributed by atoms with Crippen molar-refractivity contribution >= 4 is 0 Å². The number of hydrogen-bond donors (Lipinski definition) is 0. The Morgan fingerprint density at radius 2 is 2.67 bits per heavy atom. The van der Waals surface area contributed by atoms with Crippen LogP contribution in [0.2, 0.25) is 0 Å². The van der Waals surface area contributed by atoms with Gasteiger partial charge in [-0.15, -0.1) is 0 Å². The van der Waals surface area contributed by atoms with E-state index in [9.17, 15) is 0 Å². The Hall–Kier alpha value is -0.590. The van der Waals surface area contributed by atoms with Crippen LogP contribution in [0.15, 0.2) is 0 Å². The Labute approximate surface area is 54.8 Å². The summed E-state index contributed by atoms with van der Waals surface area (Å²) in [5, 5.41) is 8.47. The van der Waals surface area contributed by atoms with E-state index in [1.165, 1.54) is 0 Å². The standard InChI is InChI=1S/C6H9N2O/c1-8-2-3-9-5-6(8)4-7/h2,6H,3,5H2,1H3. The summed E-state index contributed by atoms with van der Waals surface area (Å²) < 4.78 is 5.02. The quantitative estimate of drug-likeness (QED) is 0.457. The predicted octanol–water partition coefficient (Wildman–Crippen LogP) is 0.00237. The molecule has 0 aromatic rings. The van der Waals surface area contributed by atoms with Crippen molar-refractivity contribution in [2.45, 2.75) is 6.04 Å². The summed E-state index contributed by atoms with van der Waals surface area (Å²) in [5.41, 5.74) is 0. The van der Waals surface area contributed by atoms with Crippen molar-refractivity contribution in [3.8, 4) is 6.07 Å². The SMILES string of the molecule is CN1[CH]COCC1C#N. The molecule has 0 amide bonds. The first-order valence-electron chi connectivity index (χ1n) is 2.87. The molecule has 9 heavy (non-hydrogen) atoms. The Balaban J connectivity index is 2.41. The van der Waals surface area contributed by atoms with Crippen molar-refractivity contribution < 1.29 is 4.74 Å². The minimum atomic E-state index is -0.0845. The van der Waals surface area contributed by atoms with Crippen LogP contribution in [0.3, 0.4) is 0 Å². The summed E-state index contributed by atoms with van der Waals surface area (Å²) in [7, 11) is 1.89. The van der Waals surface area contributed by atoms with Gasteiger partial charge in [-0.1, -0.05) is 0 Å². The normalized spacial score (nSPS) is 29.6. The van der Waals surface area contributed by atoms with Gasteiger partial charge in [-0.3, -0.25) is 4.90 Å². The first-order valence-corrected chi connectivity index (χ1v) is 2.87. The average Bonchev–Trinajstić information content (AvgIpc) is 1.89. The minimum Gasteiger partial charge on any atom is -0.377 e. The van der Waals surface area contributed by atoms with Gasteiger partial charge in [0, 0.05) is 0 Å². The second kappa shape index (κ2) is 2.81. The molecular weight excluding hydrogens is 116 g/mol. The molecule has 3 heteroatoms. The minimum absolute atomic E-state index is 0.0845. The first kappa shape index (κ1) is 6.53. The molecule has 1 aliphatic rings. The molecule has 0 spiro atoms. The molecule has 0 aromatic heterocycles. The van der Waals surface area contributed by atoms with E-state index in [1.54, 1.807) is 0 Å². The van der Waals surface area contributed by atoms with Crippen molar-refractivity contribution in [1.82, 2.24) is 4.90 Å². The largest absolute Gasteiger partial charge is 0.377 e. The maximum atomic E-state index is 8.47. The van der Waals surface area contributed by atoms with Gasteiger partial charge >= 0.3 is 0 Å². The van der Waals surface area contributed by atoms with E-state index in [0.29, 0.717) is 13.2 Å². The third kappa shape index (κ3) is 1.41. The zero-order valence-electron chi connectivity index (χ0n) is 5.37. The number of ether oxygens (including phenoxy) is 1. The number of likely N-dealkylation sites (N-methyl/N-ethyl adjacent to an activating group) is 1. The first-order chi connectivity index (χ1) is 4.34. The van der Waals surface area contributed by atoms with Gasteiger partial charge < -0.3 is 4.74 Å². The van der Waals surface area contributed by atoms with Gasteiger partial charge in [0.2, 0.25) is 0 Å². The molecule has 1 atom stereocenters. The number of nitrogens with zero attached hydrogens (tertiary/aromatic N) is 2. The molecule has 0 saturated carbocycles. The molecule has 0 aliphatic carbocycles. The lowest BCUT2D eigenvalue weighted by Crippen LogP contribution is -2.38. The van der Waals surface area contributed by atoms with Gasteiger partial charge in [0.15, 0.2) is 0 Å². The number of morpholine rings is 1. The highest BCUT2D eigenvalue weighted by atomic mass is 16.5. The Morgan fingerprint density at radius 1 is 1.89 bits per heavy atom. The van der Waals surface area contributed by atoms with E-state index in [2.05, 4.69) is 6.07 Å². The molecule has 0 aromatic carbocycles. The molecule has 1 rings (SSSR count). The zero-order chi connectivity index (χ0) is 6.69. The van der Waals surface area contributed by atoms with E-state index in [-0.39, 0.29) is 6.04 Å². The third-order valence-corrected chi connectivity index (χ3v) is 1.40. The van der Waals surface area contributed by atoms with Crippen molar-refractivity contribution in [2.75, 3.05) is 20.3 Å². The summed E-state index contributed by atoms with van der Waals surface area (Å²) in [6.07, 6.45) is 0. The van der Waals surface area contributed by atoms with Gasteiger partial charge in [-0.2, -0.15) is 5.26 Å². The van der Waals surface area contributed by atoms with Crippen LogP contribution in [0.25, 0.3) is 0 Å². The topological polar surface area (TPSA) is 36.3 Å². The summed E-state index contributed by atoms with van der Waals surface area (Å²) in [6, 6.07) is 2.04. The van der Waals surface area contributed by atoms with E-state index in [0.717, 1.165) is 0 Å². The lowest BCUT2D eigenvalue weighted by molar-refractivity contribution is 0.0549. The van der Waals surface area contributed by atoms with Gasteiger partial charge in [0.1, 0.15) is 6.04 Å². The van der Waals surface area contributed by atoms with Crippen LogP contribution in [0.4, 0.5) is 0 Å². The number of rotatable bonds is 0. The van der Waals surface area contributed by atoms with E-state index < -0.39 is 0 Å². The molecule has 0 bridgehead atoms. The van der Waals surface area contributed by atoms with Gasteiger partial charge in [-0.05, 0) is 7.05 Å². The molecule has 1 unspecified atom stereocenters. The molecule has 1 fully saturated rings. The van der Waals surface area contributed by atoms with Crippen LogP contribution in [-0.2, 0) is 4.74 Å². The highest BCUT2D eigenvalue weighted by Gasteiger charge is 2.17. The van der Waals surface area contributed by atoms with Crippen molar-refractivity contribution in [3.63, 3.8) is 0 Å². The van der Waals surface area contributed by atoms with Crippen molar-refractivity contribution in [3.05, 3.63) is 6.54 Å². The number of nitriles is 1. The fraction of sp³-hybridized carbons (Fsp3) is 0.667. The lowest BCUT2D eigenvalue weighted by Gasteiger charge is -2.26. The molecule has 49 valence electrons. The smallest absolute Gasteiger partial charge is 0.122 e. The Bertz CT molecular complexity index is 130. The highest BCUT2D eigenvalue weighted by Crippen LogP contribution is 2.04. The molecule has 0 N–H and O–H groups in total. The third-order valence-electron chi connectivity index (χ3n) is 1.40. The highest BCUT2D eigenvalue weighted by molar-refractivity contribution is 4.95. The van der Waals surface area contributed by atoms with Gasteiger partial charge in [0.05, 0.1) is 25.8 Å². The van der Waals surface area contributed by atoms with Gasteiger partial charge in [0.25, 0.3) is 0 Å². The molecular formula is C6H9N2O. The summed E-state index contributed by atoms with van der Waals surface area (Å²) in [4.78, 5) is 1.88. The Morgan fingerprint density at radius 3 is 3.11 bits per heavy atom.